The fourth-order valence-corrected chi connectivity index (χ4v) is 1.32. The van der Waals surface area contributed by atoms with Gasteiger partial charge in [-0.05, 0) is 6.07 Å². The number of ether oxygens (including phenoxy) is 3. The molecule has 15 heavy (non-hydrogen) atoms. The van der Waals surface area contributed by atoms with Gasteiger partial charge in [-0.15, -0.1) is 0 Å². The van der Waals surface area contributed by atoms with Crippen LogP contribution in [-0.4, -0.2) is 26.4 Å². The van der Waals surface area contributed by atoms with Crippen LogP contribution in [0.1, 0.15) is 5.56 Å². The number of rotatable bonds is 4. The van der Waals surface area contributed by atoms with Crippen LogP contribution in [0.4, 0.5) is 4.39 Å². The molecule has 0 bridgehead atoms. The van der Waals surface area contributed by atoms with E-state index in [4.69, 9.17) is 19.3 Å². The maximum Gasteiger partial charge on any atom is 0.211 e. The monoisotopic (exact) mass is 216 g/mol. The molecular weight excluding hydrogens is 203 g/mol. The van der Waals surface area contributed by atoms with Gasteiger partial charge >= 0.3 is 0 Å². The summed E-state index contributed by atoms with van der Waals surface area (Å²) in [5, 5.41) is 9.01. The first kappa shape index (κ1) is 11.6. The van der Waals surface area contributed by atoms with Gasteiger partial charge in [0.15, 0.2) is 11.5 Å². The van der Waals surface area contributed by atoms with Crippen LogP contribution in [-0.2, 0) is 6.61 Å². The van der Waals surface area contributed by atoms with Crippen LogP contribution in [0.25, 0.3) is 0 Å². The molecule has 0 aliphatic carbocycles. The third-order valence-corrected chi connectivity index (χ3v) is 2.02. The predicted octanol–water partition coefficient (Wildman–Crippen LogP) is 1.34. The van der Waals surface area contributed by atoms with Gasteiger partial charge in [0.05, 0.1) is 27.9 Å². The fourth-order valence-electron chi connectivity index (χ4n) is 1.32. The van der Waals surface area contributed by atoms with Crippen molar-refractivity contribution in [1.82, 2.24) is 0 Å². The zero-order chi connectivity index (χ0) is 11.4. The first-order valence-corrected chi connectivity index (χ1v) is 4.27. The van der Waals surface area contributed by atoms with E-state index in [9.17, 15) is 4.39 Å². The summed E-state index contributed by atoms with van der Waals surface area (Å²) in [6, 6.07) is 1.47. The Labute approximate surface area is 87.2 Å². The Bertz CT molecular complexity index is 322. The van der Waals surface area contributed by atoms with E-state index >= 15 is 0 Å². The van der Waals surface area contributed by atoms with E-state index in [1.54, 1.807) is 0 Å². The van der Waals surface area contributed by atoms with Crippen molar-refractivity contribution < 1.29 is 23.7 Å². The van der Waals surface area contributed by atoms with Crippen molar-refractivity contribution in [2.75, 3.05) is 21.3 Å². The minimum Gasteiger partial charge on any atom is -0.493 e. The van der Waals surface area contributed by atoms with E-state index in [1.807, 2.05) is 0 Å². The topological polar surface area (TPSA) is 47.9 Å². The maximum atomic E-state index is 13.7. The molecule has 0 atom stereocenters. The molecule has 0 unspecified atom stereocenters. The van der Waals surface area contributed by atoms with E-state index in [0.717, 1.165) is 0 Å². The van der Waals surface area contributed by atoms with E-state index in [-0.39, 0.29) is 23.9 Å². The van der Waals surface area contributed by atoms with Crippen molar-refractivity contribution in [3.63, 3.8) is 0 Å². The Morgan fingerprint density at radius 1 is 1.13 bits per heavy atom. The molecule has 0 saturated carbocycles. The minimum absolute atomic E-state index is 0.0323. The van der Waals surface area contributed by atoms with E-state index in [2.05, 4.69) is 0 Å². The molecule has 0 spiro atoms. The van der Waals surface area contributed by atoms with Gasteiger partial charge in [0, 0.05) is 5.56 Å². The standard InChI is InChI=1S/C10H13FO4/c1-13-7-4-6(5-12)9(14-2)8(11)10(7)15-3/h4,12H,5H2,1-3H3. The molecule has 5 heteroatoms. The van der Waals surface area contributed by atoms with Crippen molar-refractivity contribution >= 4 is 0 Å². The highest BCUT2D eigenvalue weighted by atomic mass is 19.1. The molecule has 0 amide bonds. The largest absolute Gasteiger partial charge is 0.493 e. The molecule has 84 valence electrons. The number of methoxy groups -OCH3 is 3. The van der Waals surface area contributed by atoms with Gasteiger partial charge < -0.3 is 19.3 Å². The molecule has 4 nitrogen and oxygen atoms in total. The van der Waals surface area contributed by atoms with Crippen LogP contribution in [0.2, 0.25) is 0 Å². The van der Waals surface area contributed by atoms with E-state index < -0.39 is 5.82 Å². The normalized spacial score (nSPS) is 9.93. The second-order valence-corrected chi connectivity index (χ2v) is 2.78. The number of benzene rings is 1. The highest BCUT2D eigenvalue weighted by Gasteiger charge is 2.19. The van der Waals surface area contributed by atoms with Crippen molar-refractivity contribution in [3.8, 4) is 17.2 Å². The Hall–Kier alpha value is -1.49. The molecule has 0 aliphatic heterocycles. The lowest BCUT2D eigenvalue weighted by atomic mass is 10.1. The fraction of sp³-hybridized carbons (Fsp3) is 0.400. The number of aliphatic hydroxyl groups excluding tert-OH is 1. The van der Waals surface area contributed by atoms with Crippen LogP contribution < -0.4 is 14.2 Å². The first-order valence-electron chi connectivity index (χ1n) is 4.27. The zero-order valence-corrected chi connectivity index (χ0v) is 8.83. The summed E-state index contributed by atoms with van der Waals surface area (Å²) in [6.45, 7) is -0.333. The lowest BCUT2D eigenvalue weighted by Crippen LogP contribution is -2.01. The highest BCUT2D eigenvalue weighted by molar-refractivity contribution is 5.52. The summed E-state index contributed by atoms with van der Waals surface area (Å²) in [6.07, 6.45) is 0. The molecular formula is C10H13FO4. The Balaban J connectivity index is 3.41. The Kier molecular flexibility index (Phi) is 3.74. The molecule has 0 aliphatic rings. The molecule has 0 fully saturated rings. The smallest absolute Gasteiger partial charge is 0.211 e. The van der Waals surface area contributed by atoms with Gasteiger partial charge in [0.25, 0.3) is 0 Å². The van der Waals surface area contributed by atoms with Crippen LogP contribution in [0.3, 0.4) is 0 Å². The van der Waals surface area contributed by atoms with E-state index in [1.165, 1.54) is 27.4 Å². The second kappa shape index (κ2) is 4.84. The summed E-state index contributed by atoms with van der Waals surface area (Å²) in [5.74, 6) is -0.523. The van der Waals surface area contributed by atoms with Crippen molar-refractivity contribution in [3.05, 3.63) is 17.4 Å². The third kappa shape index (κ3) is 1.97. The lowest BCUT2D eigenvalue weighted by Gasteiger charge is -2.14. The van der Waals surface area contributed by atoms with E-state index in [0.29, 0.717) is 5.56 Å². The number of hydrogen-bond acceptors (Lipinski definition) is 4. The number of aliphatic hydroxyl groups is 1. The van der Waals surface area contributed by atoms with Crippen LogP contribution >= 0.6 is 0 Å². The molecule has 0 radical (unpaired) electrons. The maximum absolute atomic E-state index is 13.7. The summed E-state index contributed by atoms with van der Waals surface area (Å²) < 4.78 is 28.3. The minimum atomic E-state index is -0.677. The molecule has 1 N–H and O–H groups in total. The van der Waals surface area contributed by atoms with Crippen LogP contribution in [0.15, 0.2) is 6.07 Å². The van der Waals surface area contributed by atoms with Gasteiger partial charge in [-0.2, -0.15) is 4.39 Å². The van der Waals surface area contributed by atoms with Gasteiger partial charge in [-0.3, -0.25) is 0 Å². The van der Waals surface area contributed by atoms with Gasteiger partial charge in [-0.25, -0.2) is 0 Å². The van der Waals surface area contributed by atoms with Crippen molar-refractivity contribution in [2.45, 2.75) is 6.61 Å². The molecule has 0 saturated heterocycles. The van der Waals surface area contributed by atoms with Crippen LogP contribution in [0.5, 0.6) is 17.2 Å². The molecule has 1 rings (SSSR count). The van der Waals surface area contributed by atoms with Gasteiger partial charge in [-0.1, -0.05) is 0 Å². The number of hydrogen-bond donors (Lipinski definition) is 1. The SMILES string of the molecule is COc1cc(CO)c(OC)c(F)c1OC. The number of halogens is 1. The molecule has 0 heterocycles. The summed E-state index contributed by atoms with van der Waals surface area (Å²) in [5.41, 5.74) is 0.313. The summed E-state index contributed by atoms with van der Waals surface area (Å²) in [4.78, 5) is 0. The average molecular weight is 216 g/mol. The second-order valence-electron chi connectivity index (χ2n) is 2.78. The van der Waals surface area contributed by atoms with Crippen LogP contribution in [0, 0.1) is 5.82 Å². The molecule has 1 aromatic carbocycles. The van der Waals surface area contributed by atoms with Gasteiger partial charge in [0.2, 0.25) is 11.6 Å². The first-order chi connectivity index (χ1) is 7.19. The quantitative estimate of drug-likeness (QED) is 0.825. The lowest BCUT2D eigenvalue weighted by molar-refractivity contribution is 0.265. The highest BCUT2D eigenvalue weighted by Crippen LogP contribution is 2.38. The van der Waals surface area contributed by atoms with Crippen molar-refractivity contribution in [2.24, 2.45) is 0 Å². The summed E-state index contributed by atoms with van der Waals surface area (Å²) in [7, 11) is 4.05. The Morgan fingerprint density at radius 3 is 2.13 bits per heavy atom. The average Bonchev–Trinajstić information content (AvgIpc) is 2.27. The Morgan fingerprint density at radius 2 is 1.73 bits per heavy atom. The predicted molar refractivity (Wildman–Crippen MR) is 52.0 cm³/mol. The molecule has 0 aromatic heterocycles. The zero-order valence-electron chi connectivity index (χ0n) is 8.83. The van der Waals surface area contributed by atoms with Gasteiger partial charge in [0.1, 0.15) is 0 Å². The molecule has 1 aromatic rings. The van der Waals surface area contributed by atoms with Crippen molar-refractivity contribution in [1.29, 1.82) is 0 Å². The summed E-state index contributed by atoms with van der Waals surface area (Å²) >= 11 is 0. The third-order valence-electron chi connectivity index (χ3n) is 2.02.